The van der Waals surface area contributed by atoms with Crippen LogP contribution < -0.4 is 4.90 Å². The van der Waals surface area contributed by atoms with E-state index in [9.17, 15) is 0 Å². The molecule has 1 rings (SSSR count). The molecule has 1 aromatic heterocycles. The second-order valence-electron chi connectivity index (χ2n) is 2.75. The Morgan fingerprint density at radius 1 is 1.54 bits per heavy atom. The van der Waals surface area contributed by atoms with Crippen molar-refractivity contribution >= 4 is 32.6 Å². The van der Waals surface area contributed by atoms with Crippen molar-refractivity contribution < 1.29 is 0 Å². The number of aromatic nitrogens is 2. The van der Waals surface area contributed by atoms with Gasteiger partial charge in [-0.15, -0.1) is 0 Å². The van der Waals surface area contributed by atoms with Gasteiger partial charge in [0.1, 0.15) is 6.33 Å². The fraction of sp³-hybridized carbons (Fsp3) is 0.750. The molecule has 0 fully saturated rings. The summed E-state index contributed by atoms with van der Waals surface area (Å²) in [5.41, 5.74) is 0. The van der Waals surface area contributed by atoms with Crippen LogP contribution in [0.1, 0.15) is 19.8 Å². The zero-order chi connectivity index (χ0) is 9.52. The van der Waals surface area contributed by atoms with Gasteiger partial charge in [0, 0.05) is 30.0 Å². The Morgan fingerprint density at radius 3 is 2.92 bits per heavy atom. The van der Waals surface area contributed by atoms with Crippen LogP contribution in [0.25, 0.3) is 0 Å². The minimum atomic E-state index is 0.982. The fourth-order valence-corrected chi connectivity index (χ4v) is 2.07. The second-order valence-corrected chi connectivity index (χ2v) is 4.30. The number of hydrogen-bond acceptors (Lipinski definition) is 4. The Bertz CT molecular complexity index is 215. The van der Waals surface area contributed by atoms with Crippen molar-refractivity contribution in [2.75, 3.05) is 23.3 Å². The lowest BCUT2D eigenvalue weighted by Gasteiger charge is -2.19. The van der Waals surface area contributed by atoms with Crippen molar-refractivity contribution in [3.63, 3.8) is 0 Å². The van der Waals surface area contributed by atoms with Crippen molar-refractivity contribution in [2.24, 2.45) is 0 Å². The van der Waals surface area contributed by atoms with Gasteiger partial charge in [-0.1, -0.05) is 29.3 Å². The van der Waals surface area contributed by atoms with Crippen molar-refractivity contribution in [1.29, 1.82) is 0 Å². The maximum atomic E-state index is 4.20. The normalized spacial score (nSPS) is 10.3. The van der Waals surface area contributed by atoms with Crippen LogP contribution in [0.4, 0.5) is 5.13 Å². The van der Waals surface area contributed by atoms with Gasteiger partial charge in [-0.3, -0.25) is 0 Å². The molecule has 74 valence electrons. The topological polar surface area (TPSA) is 29.0 Å². The molecule has 0 amide bonds. The van der Waals surface area contributed by atoms with E-state index in [0.717, 1.165) is 23.6 Å². The Morgan fingerprint density at radius 2 is 2.38 bits per heavy atom. The molecule has 0 bridgehead atoms. The predicted molar refractivity (Wildman–Crippen MR) is 60.8 cm³/mol. The average molecular weight is 264 g/mol. The fourth-order valence-electron chi connectivity index (χ4n) is 1.06. The summed E-state index contributed by atoms with van der Waals surface area (Å²) in [6.07, 6.45) is 4.05. The van der Waals surface area contributed by atoms with E-state index < -0.39 is 0 Å². The summed E-state index contributed by atoms with van der Waals surface area (Å²) in [5.74, 6) is 0. The summed E-state index contributed by atoms with van der Waals surface area (Å²) in [7, 11) is 0. The highest BCUT2D eigenvalue weighted by Gasteiger charge is 2.07. The molecule has 0 saturated carbocycles. The number of nitrogens with zero attached hydrogens (tertiary/aromatic N) is 3. The van der Waals surface area contributed by atoms with Crippen LogP contribution in [0.2, 0.25) is 0 Å². The van der Waals surface area contributed by atoms with Crippen molar-refractivity contribution in [1.82, 2.24) is 9.36 Å². The van der Waals surface area contributed by atoms with Crippen LogP contribution >= 0.6 is 27.5 Å². The molecule has 0 aromatic carbocycles. The molecule has 13 heavy (non-hydrogen) atoms. The van der Waals surface area contributed by atoms with Crippen molar-refractivity contribution in [2.45, 2.75) is 19.8 Å². The minimum absolute atomic E-state index is 0.982. The molecule has 0 atom stereocenters. The molecule has 1 heterocycles. The molecule has 0 aliphatic carbocycles. The average Bonchev–Trinajstić information content (AvgIpc) is 2.65. The van der Waals surface area contributed by atoms with E-state index in [4.69, 9.17) is 0 Å². The summed E-state index contributed by atoms with van der Waals surface area (Å²) >= 11 is 4.91. The van der Waals surface area contributed by atoms with Crippen LogP contribution in [-0.4, -0.2) is 27.8 Å². The second kappa shape index (κ2) is 6.32. The number of hydrogen-bond donors (Lipinski definition) is 0. The lowest BCUT2D eigenvalue weighted by atomic mass is 10.3. The number of anilines is 1. The zero-order valence-electron chi connectivity index (χ0n) is 7.74. The third-order valence-electron chi connectivity index (χ3n) is 1.76. The smallest absolute Gasteiger partial charge is 0.204 e. The SMILES string of the molecule is CCCCN(CCBr)c1ncns1. The molecule has 0 aliphatic rings. The molecule has 1 aromatic rings. The van der Waals surface area contributed by atoms with Crippen LogP contribution in [-0.2, 0) is 0 Å². The predicted octanol–water partition coefficient (Wildman–Crippen LogP) is 2.54. The Labute approximate surface area is 91.5 Å². The molecule has 0 aliphatic heterocycles. The Balaban J connectivity index is 2.47. The summed E-state index contributed by atoms with van der Waals surface area (Å²) in [5, 5.41) is 2.02. The van der Waals surface area contributed by atoms with Crippen LogP contribution in [0.15, 0.2) is 6.33 Å². The highest BCUT2D eigenvalue weighted by molar-refractivity contribution is 9.09. The maximum absolute atomic E-state index is 4.20. The molecule has 0 unspecified atom stereocenters. The van der Waals surface area contributed by atoms with E-state index in [2.05, 4.69) is 37.1 Å². The summed E-state index contributed by atoms with van der Waals surface area (Å²) < 4.78 is 4.01. The third-order valence-corrected chi connectivity index (χ3v) is 2.84. The van der Waals surface area contributed by atoms with E-state index in [1.165, 1.54) is 24.4 Å². The molecule has 3 nitrogen and oxygen atoms in total. The van der Waals surface area contributed by atoms with Gasteiger partial charge in [0.2, 0.25) is 5.13 Å². The van der Waals surface area contributed by atoms with Gasteiger partial charge in [-0.25, -0.2) is 4.98 Å². The standard InChI is InChI=1S/C8H14BrN3S/c1-2-3-5-12(6-4-9)8-10-7-11-13-8/h7H,2-6H2,1H3. The molecule has 0 N–H and O–H groups in total. The van der Waals surface area contributed by atoms with E-state index in [1.807, 2.05) is 0 Å². The molecule has 0 saturated heterocycles. The summed E-state index contributed by atoms with van der Waals surface area (Å²) in [6.45, 7) is 4.29. The van der Waals surface area contributed by atoms with Gasteiger partial charge >= 0.3 is 0 Å². The van der Waals surface area contributed by atoms with Crippen molar-refractivity contribution in [3.05, 3.63) is 6.33 Å². The summed E-state index contributed by atoms with van der Waals surface area (Å²) in [4.78, 5) is 6.47. The molecular weight excluding hydrogens is 250 g/mol. The third kappa shape index (κ3) is 3.60. The van der Waals surface area contributed by atoms with Gasteiger partial charge in [0.15, 0.2) is 0 Å². The molecule has 0 radical (unpaired) electrons. The highest BCUT2D eigenvalue weighted by Crippen LogP contribution is 2.15. The largest absolute Gasteiger partial charge is 0.346 e. The highest BCUT2D eigenvalue weighted by atomic mass is 79.9. The number of halogens is 1. The zero-order valence-corrected chi connectivity index (χ0v) is 10.1. The lowest BCUT2D eigenvalue weighted by Crippen LogP contribution is -2.26. The van der Waals surface area contributed by atoms with Gasteiger partial charge < -0.3 is 4.90 Å². The van der Waals surface area contributed by atoms with Crippen LogP contribution in [0.5, 0.6) is 0 Å². The first-order chi connectivity index (χ1) is 6.38. The van der Waals surface area contributed by atoms with Gasteiger partial charge in [0.05, 0.1) is 0 Å². The van der Waals surface area contributed by atoms with Gasteiger partial charge in [-0.05, 0) is 6.42 Å². The first-order valence-corrected chi connectivity index (χ1v) is 6.35. The number of rotatable bonds is 6. The maximum Gasteiger partial charge on any atom is 0.204 e. The molecular formula is C8H14BrN3S. The Hall–Kier alpha value is -0.160. The van der Waals surface area contributed by atoms with E-state index in [0.29, 0.717) is 0 Å². The quantitative estimate of drug-likeness (QED) is 0.739. The molecule has 5 heteroatoms. The monoisotopic (exact) mass is 263 g/mol. The van der Waals surface area contributed by atoms with Crippen LogP contribution in [0, 0.1) is 0 Å². The van der Waals surface area contributed by atoms with Gasteiger partial charge in [0.25, 0.3) is 0 Å². The molecule has 0 spiro atoms. The van der Waals surface area contributed by atoms with Crippen LogP contribution in [0.3, 0.4) is 0 Å². The first-order valence-electron chi connectivity index (χ1n) is 4.46. The first kappa shape index (κ1) is 10.9. The van der Waals surface area contributed by atoms with Crippen molar-refractivity contribution in [3.8, 4) is 0 Å². The van der Waals surface area contributed by atoms with Gasteiger partial charge in [-0.2, -0.15) is 4.37 Å². The van der Waals surface area contributed by atoms with E-state index in [1.54, 1.807) is 6.33 Å². The number of alkyl halides is 1. The van der Waals surface area contributed by atoms with E-state index in [-0.39, 0.29) is 0 Å². The van der Waals surface area contributed by atoms with E-state index >= 15 is 0 Å². The summed E-state index contributed by atoms with van der Waals surface area (Å²) in [6, 6.07) is 0. The number of unbranched alkanes of at least 4 members (excludes halogenated alkanes) is 1. The lowest BCUT2D eigenvalue weighted by molar-refractivity contribution is 0.733. The Kier molecular flexibility index (Phi) is 5.31. The minimum Gasteiger partial charge on any atom is -0.346 e.